The number of ether oxygens (including phenoxy) is 1. The molecule has 0 aromatic heterocycles. The van der Waals surface area contributed by atoms with Crippen LogP contribution in [0.15, 0.2) is 60.2 Å². The molecule has 1 aliphatic carbocycles. The topological polar surface area (TPSA) is 21.3 Å². The van der Waals surface area contributed by atoms with Gasteiger partial charge in [-0.1, -0.05) is 47.5 Å². The Morgan fingerprint density at radius 3 is 2.35 bits per heavy atom. The first-order chi connectivity index (χ1) is 12.3. The van der Waals surface area contributed by atoms with Crippen LogP contribution in [0.5, 0.6) is 5.75 Å². The number of allylic oxidation sites excluding steroid dienone is 1. The van der Waals surface area contributed by atoms with Gasteiger partial charge in [0.1, 0.15) is 12.4 Å². The Bertz CT molecular complexity index is 680. The summed E-state index contributed by atoms with van der Waals surface area (Å²) in [7, 11) is 0. The molecule has 0 radical (unpaired) electrons. The van der Waals surface area contributed by atoms with Crippen molar-refractivity contribution in [3.63, 3.8) is 0 Å². The molecule has 0 unspecified atom stereocenters. The molecule has 0 fully saturated rings. The fourth-order valence-corrected chi connectivity index (χ4v) is 3.19. The van der Waals surface area contributed by atoms with E-state index in [1.165, 1.54) is 37.7 Å². The Hall–Kier alpha value is -1.48. The maximum Gasteiger partial charge on any atom is 0.119 e. The number of rotatable bonds is 8. The normalized spacial score (nSPS) is 13.7. The molecule has 2 nitrogen and oxygen atoms in total. The molecule has 0 aliphatic heterocycles. The Balaban J connectivity index is 0.00000243. The lowest BCUT2D eigenvalue weighted by Crippen LogP contribution is -2.15. The number of hydrogen-bond donors (Lipinski definition) is 1. The summed E-state index contributed by atoms with van der Waals surface area (Å²) in [5, 5.41) is 4.29. The van der Waals surface area contributed by atoms with Gasteiger partial charge in [-0.2, -0.15) is 0 Å². The molecular weight excluding hydrogens is 365 g/mol. The van der Waals surface area contributed by atoms with Crippen LogP contribution in [0.3, 0.4) is 0 Å². The summed E-state index contributed by atoms with van der Waals surface area (Å²) in [5.41, 5.74) is 4.04. The van der Waals surface area contributed by atoms with Gasteiger partial charge in [-0.05, 0) is 74.0 Å². The van der Waals surface area contributed by atoms with Crippen LogP contribution in [0.2, 0.25) is 5.02 Å². The maximum atomic E-state index is 5.89. The number of hydrogen-bond acceptors (Lipinski definition) is 2. The molecule has 0 bridgehead atoms. The molecule has 140 valence electrons. The minimum absolute atomic E-state index is 0. The molecule has 0 spiro atoms. The van der Waals surface area contributed by atoms with Crippen molar-refractivity contribution in [1.82, 2.24) is 5.32 Å². The Morgan fingerprint density at radius 2 is 1.65 bits per heavy atom. The van der Waals surface area contributed by atoms with Gasteiger partial charge in [0.25, 0.3) is 0 Å². The van der Waals surface area contributed by atoms with E-state index in [9.17, 15) is 0 Å². The third-order valence-electron chi connectivity index (χ3n) is 4.58. The van der Waals surface area contributed by atoms with Crippen molar-refractivity contribution < 1.29 is 4.74 Å². The molecule has 3 rings (SSSR count). The van der Waals surface area contributed by atoms with E-state index in [0.29, 0.717) is 6.61 Å². The predicted octanol–water partition coefficient (Wildman–Crippen LogP) is 6.32. The highest BCUT2D eigenvalue weighted by Gasteiger charge is 2.03. The summed E-state index contributed by atoms with van der Waals surface area (Å²) in [4.78, 5) is 0. The monoisotopic (exact) mass is 391 g/mol. The summed E-state index contributed by atoms with van der Waals surface area (Å²) in [6.45, 7) is 2.52. The lowest BCUT2D eigenvalue weighted by Gasteiger charge is -2.13. The minimum Gasteiger partial charge on any atom is -0.489 e. The van der Waals surface area contributed by atoms with Crippen LogP contribution in [0.1, 0.15) is 43.2 Å². The first-order valence-electron chi connectivity index (χ1n) is 9.14. The maximum absolute atomic E-state index is 5.89. The lowest BCUT2D eigenvalue weighted by molar-refractivity contribution is 0.306. The third kappa shape index (κ3) is 7.03. The smallest absolute Gasteiger partial charge is 0.119 e. The molecule has 0 saturated heterocycles. The van der Waals surface area contributed by atoms with Gasteiger partial charge in [-0.15, -0.1) is 12.4 Å². The van der Waals surface area contributed by atoms with Gasteiger partial charge in [-0.25, -0.2) is 0 Å². The summed E-state index contributed by atoms with van der Waals surface area (Å²) in [6, 6.07) is 16.1. The van der Waals surface area contributed by atoms with E-state index in [1.54, 1.807) is 5.57 Å². The standard InChI is InChI=1S/C22H26ClNO.ClH/c23-21-10-6-20(7-11-21)17-25-22-12-8-19(9-13-22)16-24-15-14-18-4-2-1-3-5-18;/h4,6-13,24H,1-3,5,14-17H2;1H. The van der Waals surface area contributed by atoms with Crippen LogP contribution >= 0.6 is 24.0 Å². The van der Waals surface area contributed by atoms with Crippen molar-refractivity contribution in [2.75, 3.05) is 6.54 Å². The van der Waals surface area contributed by atoms with Gasteiger partial charge >= 0.3 is 0 Å². The molecule has 2 aromatic carbocycles. The summed E-state index contributed by atoms with van der Waals surface area (Å²) < 4.78 is 5.82. The van der Waals surface area contributed by atoms with Crippen molar-refractivity contribution in [1.29, 1.82) is 0 Å². The predicted molar refractivity (Wildman–Crippen MR) is 112 cm³/mol. The van der Waals surface area contributed by atoms with E-state index in [0.717, 1.165) is 29.4 Å². The minimum atomic E-state index is 0. The van der Waals surface area contributed by atoms with E-state index < -0.39 is 0 Å². The Kier molecular flexibility index (Phi) is 9.04. The highest BCUT2D eigenvalue weighted by atomic mass is 35.5. The van der Waals surface area contributed by atoms with Crippen LogP contribution in [-0.2, 0) is 13.2 Å². The summed E-state index contributed by atoms with van der Waals surface area (Å²) in [5.74, 6) is 0.895. The molecule has 1 aliphatic rings. The summed E-state index contributed by atoms with van der Waals surface area (Å²) >= 11 is 5.89. The summed E-state index contributed by atoms with van der Waals surface area (Å²) in [6.07, 6.45) is 8.90. The van der Waals surface area contributed by atoms with E-state index in [2.05, 4.69) is 23.5 Å². The number of halogens is 2. The Morgan fingerprint density at radius 1 is 0.923 bits per heavy atom. The van der Waals surface area contributed by atoms with E-state index in [4.69, 9.17) is 16.3 Å². The van der Waals surface area contributed by atoms with Crippen LogP contribution in [0.25, 0.3) is 0 Å². The van der Waals surface area contributed by atoms with Crippen LogP contribution in [0.4, 0.5) is 0 Å². The highest BCUT2D eigenvalue weighted by molar-refractivity contribution is 6.30. The Labute approximate surface area is 168 Å². The largest absolute Gasteiger partial charge is 0.489 e. The van der Waals surface area contributed by atoms with Gasteiger partial charge in [0.2, 0.25) is 0 Å². The van der Waals surface area contributed by atoms with E-state index in [1.807, 2.05) is 36.4 Å². The molecule has 4 heteroatoms. The SMILES string of the molecule is Cl.Clc1ccc(COc2ccc(CNCCC3=CCCCC3)cc2)cc1. The van der Waals surface area contributed by atoms with Gasteiger partial charge < -0.3 is 10.1 Å². The molecule has 0 heterocycles. The van der Waals surface area contributed by atoms with Crippen molar-refractivity contribution in [3.8, 4) is 5.75 Å². The van der Waals surface area contributed by atoms with Crippen LogP contribution < -0.4 is 10.1 Å². The molecule has 26 heavy (non-hydrogen) atoms. The second-order valence-corrected chi connectivity index (χ2v) is 7.03. The fourth-order valence-electron chi connectivity index (χ4n) is 3.06. The van der Waals surface area contributed by atoms with E-state index >= 15 is 0 Å². The van der Waals surface area contributed by atoms with Crippen LogP contribution in [0, 0.1) is 0 Å². The van der Waals surface area contributed by atoms with E-state index in [-0.39, 0.29) is 12.4 Å². The van der Waals surface area contributed by atoms with Gasteiger partial charge in [-0.3, -0.25) is 0 Å². The zero-order valence-corrected chi connectivity index (χ0v) is 16.6. The van der Waals surface area contributed by atoms with Crippen molar-refractivity contribution in [2.24, 2.45) is 0 Å². The molecule has 1 N–H and O–H groups in total. The zero-order chi connectivity index (χ0) is 17.3. The van der Waals surface area contributed by atoms with Gasteiger partial charge in [0.05, 0.1) is 0 Å². The highest BCUT2D eigenvalue weighted by Crippen LogP contribution is 2.19. The van der Waals surface area contributed by atoms with Crippen molar-refractivity contribution >= 4 is 24.0 Å². The van der Waals surface area contributed by atoms with Crippen LogP contribution in [-0.4, -0.2) is 6.54 Å². The van der Waals surface area contributed by atoms with Gasteiger partial charge in [0, 0.05) is 11.6 Å². The first kappa shape index (κ1) is 20.8. The number of nitrogens with one attached hydrogen (secondary N) is 1. The molecule has 0 amide bonds. The first-order valence-corrected chi connectivity index (χ1v) is 9.52. The average molecular weight is 392 g/mol. The van der Waals surface area contributed by atoms with Gasteiger partial charge in [0.15, 0.2) is 0 Å². The quantitative estimate of drug-likeness (QED) is 0.419. The van der Waals surface area contributed by atoms with Crippen molar-refractivity contribution in [3.05, 3.63) is 76.3 Å². The fraction of sp³-hybridized carbons (Fsp3) is 0.364. The second-order valence-electron chi connectivity index (χ2n) is 6.59. The lowest BCUT2D eigenvalue weighted by atomic mass is 9.97. The third-order valence-corrected chi connectivity index (χ3v) is 4.83. The van der Waals surface area contributed by atoms with Crippen molar-refractivity contribution in [2.45, 2.75) is 45.3 Å². The molecular formula is C22H27Cl2NO. The molecule has 0 saturated carbocycles. The number of benzene rings is 2. The molecule has 2 aromatic rings. The zero-order valence-electron chi connectivity index (χ0n) is 15.0. The second kappa shape index (κ2) is 11.3. The average Bonchev–Trinajstić information content (AvgIpc) is 2.67. The molecule has 0 atom stereocenters.